The van der Waals surface area contributed by atoms with Gasteiger partial charge in [0, 0.05) is 0 Å². The Morgan fingerprint density at radius 2 is 1.96 bits per heavy atom. The molecule has 3 aromatic rings. The molecule has 0 aliphatic carbocycles. The lowest BCUT2D eigenvalue weighted by Gasteiger charge is -2.33. The summed E-state index contributed by atoms with van der Waals surface area (Å²) in [6.07, 6.45) is -0.185. The molecule has 2 aromatic carbocycles. The van der Waals surface area contributed by atoms with Crippen LogP contribution in [-0.4, -0.2) is 33.7 Å². The highest BCUT2D eigenvalue weighted by Crippen LogP contribution is 2.39. The van der Waals surface area contributed by atoms with Crippen LogP contribution in [-0.2, 0) is 0 Å². The van der Waals surface area contributed by atoms with Gasteiger partial charge in [-0.1, -0.05) is 29.8 Å². The first-order chi connectivity index (χ1) is 11.6. The van der Waals surface area contributed by atoms with Crippen molar-refractivity contribution >= 4 is 34.2 Å². The Balaban J connectivity index is 1.77. The van der Waals surface area contributed by atoms with E-state index < -0.39 is 0 Å². The summed E-state index contributed by atoms with van der Waals surface area (Å²) < 4.78 is 5.77. The van der Waals surface area contributed by atoms with Gasteiger partial charge in [-0.2, -0.15) is 0 Å². The standard InChI is InChI=1S/C17H13ClN4O2/c1-10-9-22(14-8-4-5-11(18)15(14)24-10)17(23)16-19-12-6-2-3-7-13(12)20-21-16/h2-8,10H,9H2,1H3/t10-/m1/s1. The molecule has 0 spiro atoms. The molecule has 1 amide bonds. The Morgan fingerprint density at radius 3 is 2.79 bits per heavy atom. The maximum atomic E-state index is 12.9. The highest BCUT2D eigenvalue weighted by molar-refractivity contribution is 6.32. The summed E-state index contributed by atoms with van der Waals surface area (Å²) >= 11 is 6.20. The fourth-order valence-corrected chi connectivity index (χ4v) is 2.92. The molecule has 24 heavy (non-hydrogen) atoms. The van der Waals surface area contributed by atoms with Gasteiger partial charge in [-0.15, -0.1) is 10.2 Å². The number of rotatable bonds is 1. The van der Waals surface area contributed by atoms with E-state index in [1.165, 1.54) is 0 Å². The van der Waals surface area contributed by atoms with Gasteiger partial charge in [0.1, 0.15) is 11.6 Å². The Kier molecular flexibility index (Phi) is 3.54. The number of aromatic nitrogens is 3. The number of fused-ring (bicyclic) bond motifs is 2. The van der Waals surface area contributed by atoms with E-state index in [4.69, 9.17) is 16.3 Å². The van der Waals surface area contributed by atoms with Crippen molar-refractivity contribution < 1.29 is 9.53 Å². The summed E-state index contributed by atoms with van der Waals surface area (Å²) in [5.41, 5.74) is 1.89. The quantitative estimate of drug-likeness (QED) is 0.681. The summed E-state index contributed by atoms with van der Waals surface area (Å²) in [6.45, 7) is 2.27. The van der Waals surface area contributed by atoms with Gasteiger partial charge in [0.25, 0.3) is 5.91 Å². The van der Waals surface area contributed by atoms with Gasteiger partial charge in [-0.05, 0) is 31.2 Å². The lowest BCUT2D eigenvalue weighted by Crippen LogP contribution is -2.43. The van der Waals surface area contributed by atoms with E-state index in [2.05, 4.69) is 15.2 Å². The van der Waals surface area contributed by atoms with Crippen LogP contribution < -0.4 is 9.64 Å². The molecule has 0 N–H and O–H groups in total. The normalized spacial score (nSPS) is 16.6. The van der Waals surface area contributed by atoms with Gasteiger partial charge in [0.2, 0.25) is 5.82 Å². The Bertz CT molecular complexity index is 947. The van der Waals surface area contributed by atoms with E-state index in [1.807, 2.05) is 19.1 Å². The number of benzene rings is 2. The average Bonchev–Trinajstić information content (AvgIpc) is 2.61. The first-order valence-corrected chi connectivity index (χ1v) is 7.88. The maximum Gasteiger partial charge on any atom is 0.298 e. The number of para-hydroxylation sites is 2. The second kappa shape index (κ2) is 5.72. The van der Waals surface area contributed by atoms with Crippen molar-refractivity contribution in [3.05, 3.63) is 53.3 Å². The largest absolute Gasteiger partial charge is 0.485 e. The van der Waals surface area contributed by atoms with Crippen molar-refractivity contribution in [3.63, 3.8) is 0 Å². The molecule has 0 radical (unpaired) electrons. The minimum absolute atomic E-state index is 0.0497. The van der Waals surface area contributed by atoms with Gasteiger partial charge in [-0.3, -0.25) is 9.69 Å². The van der Waals surface area contributed by atoms with E-state index in [0.717, 1.165) is 0 Å². The second-order valence-electron chi connectivity index (χ2n) is 5.56. The van der Waals surface area contributed by atoms with Gasteiger partial charge in [0.05, 0.1) is 22.8 Å². The molecule has 0 bridgehead atoms. The minimum atomic E-state index is -0.327. The summed E-state index contributed by atoms with van der Waals surface area (Å²) in [6, 6.07) is 12.6. The molecule has 1 aliphatic heterocycles. The molecule has 2 heterocycles. The monoisotopic (exact) mass is 340 g/mol. The number of ether oxygens (including phenoxy) is 1. The first kappa shape index (κ1) is 14.8. The van der Waals surface area contributed by atoms with Gasteiger partial charge < -0.3 is 4.74 Å². The number of carbonyl (C=O) groups is 1. The van der Waals surface area contributed by atoms with Crippen LogP contribution >= 0.6 is 11.6 Å². The SMILES string of the molecule is C[C@@H]1CN(C(=O)c2nnc3ccccc3n2)c2cccc(Cl)c2O1. The third-order valence-electron chi connectivity index (χ3n) is 3.79. The van der Waals surface area contributed by atoms with Crippen LogP contribution in [0, 0.1) is 0 Å². The summed E-state index contributed by atoms with van der Waals surface area (Å²) in [4.78, 5) is 18.8. The van der Waals surface area contributed by atoms with Crippen LogP contribution in [0.2, 0.25) is 5.02 Å². The highest BCUT2D eigenvalue weighted by Gasteiger charge is 2.31. The Hall–Kier alpha value is -2.73. The smallest absolute Gasteiger partial charge is 0.298 e. The molecule has 0 saturated carbocycles. The number of halogens is 1. The fraction of sp³-hybridized carbons (Fsp3) is 0.176. The zero-order valence-corrected chi connectivity index (χ0v) is 13.6. The van der Waals surface area contributed by atoms with Crippen molar-refractivity contribution in [2.24, 2.45) is 0 Å². The van der Waals surface area contributed by atoms with Gasteiger partial charge in [0.15, 0.2) is 5.75 Å². The molecule has 0 unspecified atom stereocenters. The second-order valence-corrected chi connectivity index (χ2v) is 5.96. The van der Waals surface area contributed by atoms with Crippen molar-refractivity contribution in [1.82, 2.24) is 15.2 Å². The van der Waals surface area contributed by atoms with E-state index >= 15 is 0 Å². The van der Waals surface area contributed by atoms with Crippen LogP contribution in [0.5, 0.6) is 5.75 Å². The molecule has 0 saturated heterocycles. The minimum Gasteiger partial charge on any atom is -0.485 e. The molecule has 0 fully saturated rings. The van der Waals surface area contributed by atoms with E-state index in [-0.39, 0.29) is 17.8 Å². The van der Waals surface area contributed by atoms with E-state index in [9.17, 15) is 4.79 Å². The third-order valence-corrected chi connectivity index (χ3v) is 4.09. The van der Waals surface area contributed by atoms with Crippen LogP contribution in [0.1, 0.15) is 17.5 Å². The predicted molar refractivity (Wildman–Crippen MR) is 90.6 cm³/mol. The zero-order valence-electron chi connectivity index (χ0n) is 12.8. The summed E-state index contributed by atoms with van der Waals surface area (Å²) in [5.74, 6) is 0.223. The van der Waals surface area contributed by atoms with Gasteiger partial charge in [-0.25, -0.2) is 4.98 Å². The van der Waals surface area contributed by atoms with Crippen LogP contribution in [0.25, 0.3) is 11.0 Å². The molecular formula is C17H13ClN4O2. The molecule has 1 aliphatic rings. The predicted octanol–water partition coefficient (Wildman–Crippen LogP) is 3.11. The lowest BCUT2D eigenvalue weighted by atomic mass is 10.2. The Morgan fingerprint density at radius 1 is 1.17 bits per heavy atom. The van der Waals surface area contributed by atoms with Crippen molar-refractivity contribution in [2.45, 2.75) is 13.0 Å². The number of amides is 1. The zero-order chi connectivity index (χ0) is 16.7. The molecule has 1 atom stereocenters. The molecule has 1 aromatic heterocycles. The number of carbonyl (C=O) groups excluding carboxylic acids is 1. The summed E-state index contributed by atoms with van der Waals surface area (Å²) in [5, 5.41) is 8.52. The van der Waals surface area contributed by atoms with E-state index in [1.54, 1.807) is 35.2 Å². The average molecular weight is 341 g/mol. The molecule has 4 rings (SSSR count). The van der Waals surface area contributed by atoms with Crippen molar-refractivity contribution in [3.8, 4) is 5.75 Å². The van der Waals surface area contributed by atoms with Crippen LogP contribution in [0.3, 0.4) is 0 Å². The van der Waals surface area contributed by atoms with Crippen molar-refractivity contribution in [2.75, 3.05) is 11.4 Å². The Labute approximate surface area is 143 Å². The number of anilines is 1. The maximum absolute atomic E-state index is 12.9. The lowest BCUT2D eigenvalue weighted by molar-refractivity contribution is 0.0950. The molecular weight excluding hydrogens is 328 g/mol. The number of hydrogen-bond acceptors (Lipinski definition) is 5. The first-order valence-electron chi connectivity index (χ1n) is 7.50. The molecule has 6 nitrogen and oxygen atoms in total. The molecule has 7 heteroatoms. The third kappa shape index (κ3) is 2.45. The van der Waals surface area contributed by atoms with Crippen LogP contribution in [0.4, 0.5) is 5.69 Å². The molecule has 120 valence electrons. The van der Waals surface area contributed by atoms with Crippen LogP contribution in [0.15, 0.2) is 42.5 Å². The topological polar surface area (TPSA) is 68.2 Å². The number of nitrogens with zero attached hydrogens (tertiary/aromatic N) is 4. The van der Waals surface area contributed by atoms with E-state index in [0.29, 0.717) is 34.0 Å². The van der Waals surface area contributed by atoms with Crippen molar-refractivity contribution in [1.29, 1.82) is 0 Å². The highest BCUT2D eigenvalue weighted by atomic mass is 35.5. The number of hydrogen-bond donors (Lipinski definition) is 0. The summed E-state index contributed by atoms with van der Waals surface area (Å²) in [7, 11) is 0. The fourth-order valence-electron chi connectivity index (χ4n) is 2.71. The van der Waals surface area contributed by atoms with Gasteiger partial charge >= 0.3 is 0 Å².